The number of guanidine groups is 1. The maximum absolute atomic E-state index is 6.08. The lowest BCUT2D eigenvalue weighted by atomic mass is 10.1. The third-order valence-corrected chi connectivity index (χ3v) is 5.21. The summed E-state index contributed by atoms with van der Waals surface area (Å²) in [6.45, 7) is 7.58. The molecule has 2 rings (SSSR count). The lowest BCUT2D eigenvalue weighted by Gasteiger charge is -2.18. The number of halogens is 1. The van der Waals surface area contributed by atoms with Crippen LogP contribution in [0.5, 0.6) is 5.75 Å². The molecule has 2 N–H and O–H groups in total. The molecular weight excluding hydrogens is 485 g/mol. The monoisotopic (exact) mass is 517 g/mol. The van der Waals surface area contributed by atoms with Gasteiger partial charge in [-0.1, -0.05) is 19.1 Å². The standard InChI is InChI=1S/C20H31N5OS.HI/c1-7-15(3)26-18-10-14(2)8-9-16(18)11-22-19(21-4)23-12-17-13-27-20(24-17)25(5)6;/h8-10,13,15H,7,11-12H2,1-6H3,(H2,21,22,23);1H. The van der Waals surface area contributed by atoms with E-state index in [1.807, 2.05) is 19.0 Å². The van der Waals surface area contributed by atoms with Gasteiger partial charge in [-0.15, -0.1) is 35.3 Å². The molecule has 0 aliphatic rings. The second-order valence-electron chi connectivity index (χ2n) is 6.74. The number of benzene rings is 1. The largest absolute Gasteiger partial charge is 0.490 e. The number of anilines is 1. The molecule has 6 nitrogen and oxygen atoms in total. The normalized spacial score (nSPS) is 12.1. The number of nitrogens with zero attached hydrogens (tertiary/aromatic N) is 3. The molecule has 0 fully saturated rings. The van der Waals surface area contributed by atoms with Crippen molar-refractivity contribution in [2.24, 2.45) is 4.99 Å². The number of nitrogens with one attached hydrogen (secondary N) is 2. The lowest BCUT2D eigenvalue weighted by Crippen LogP contribution is -2.36. The van der Waals surface area contributed by atoms with E-state index in [9.17, 15) is 0 Å². The molecule has 156 valence electrons. The summed E-state index contributed by atoms with van der Waals surface area (Å²) in [5.74, 6) is 1.67. The van der Waals surface area contributed by atoms with Crippen LogP contribution in [0.4, 0.5) is 5.13 Å². The van der Waals surface area contributed by atoms with Gasteiger partial charge in [-0.3, -0.25) is 4.99 Å². The predicted molar refractivity (Wildman–Crippen MR) is 130 cm³/mol. The summed E-state index contributed by atoms with van der Waals surface area (Å²) in [5.41, 5.74) is 3.31. The number of hydrogen-bond donors (Lipinski definition) is 2. The first-order chi connectivity index (χ1) is 12.9. The van der Waals surface area contributed by atoms with Crippen LogP contribution in [-0.2, 0) is 13.1 Å². The smallest absolute Gasteiger partial charge is 0.191 e. The van der Waals surface area contributed by atoms with E-state index < -0.39 is 0 Å². The third-order valence-electron chi connectivity index (χ3n) is 4.15. The van der Waals surface area contributed by atoms with Gasteiger partial charge < -0.3 is 20.3 Å². The van der Waals surface area contributed by atoms with Gasteiger partial charge in [0, 0.05) is 38.6 Å². The molecule has 0 saturated carbocycles. The highest BCUT2D eigenvalue weighted by Gasteiger charge is 2.09. The quantitative estimate of drug-likeness (QED) is 0.313. The van der Waals surface area contributed by atoms with Gasteiger partial charge in [0.25, 0.3) is 0 Å². The molecule has 2 aromatic rings. The van der Waals surface area contributed by atoms with E-state index >= 15 is 0 Å². The average Bonchev–Trinajstić information content (AvgIpc) is 3.12. The fourth-order valence-electron chi connectivity index (χ4n) is 2.37. The molecule has 0 saturated heterocycles. The molecule has 0 radical (unpaired) electrons. The van der Waals surface area contributed by atoms with E-state index in [0.29, 0.717) is 13.1 Å². The third kappa shape index (κ3) is 7.46. The van der Waals surface area contributed by atoms with Gasteiger partial charge in [0.1, 0.15) is 5.75 Å². The Morgan fingerprint density at radius 1 is 1.29 bits per heavy atom. The van der Waals surface area contributed by atoms with Crippen molar-refractivity contribution in [3.63, 3.8) is 0 Å². The summed E-state index contributed by atoms with van der Waals surface area (Å²) in [6, 6.07) is 6.31. The molecule has 0 amide bonds. The average molecular weight is 517 g/mol. The lowest BCUT2D eigenvalue weighted by molar-refractivity contribution is 0.215. The van der Waals surface area contributed by atoms with Crippen LogP contribution in [0.3, 0.4) is 0 Å². The van der Waals surface area contributed by atoms with Crippen LogP contribution in [0.15, 0.2) is 28.6 Å². The van der Waals surface area contributed by atoms with E-state index in [2.05, 4.69) is 65.0 Å². The maximum atomic E-state index is 6.08. The minimum atomic E-state index is 0. The van der Waals surface area contributed by atoms with Gasteiger partial charge in [-0.05, 0) is 31.9 Å². The molecule has 8 heteroatoms. The Balaban J connectivity index is 0.00000392. The SMILES string of the molecule is CCC(C)Oc1cc(C)ccc1CNC(=NC)NCc1csc(N(C)C)n1.I. The molecule has 28 heavy (non-hydrogen) atoms. The first-order valence-electron chi connectivity index (χ1n) is 9.25. The maximum Gasteiger partial charge on any atom is 0.191 e. The van der Waals surface area contributed by atoms with Crippen molar-refractivity contribution in [1.29, 1.82) is 0 Å². The Bertz CT molecular complexity index is 763. The number of aryl methyl sites for hydroxylation is 1. The number of ether oxygens (including phenoxy) is 1. The predicted octanol–water partition coefficient (Wildman–Crippen LogP) is 4.18. The van der Waals surface area contributed by atoms with E-state index in [4.69, 9.17) is 4.74 Å². The summed E-state index contributed by atoms with van der Waals surface area (Å²) in [7, 11) is 5.77. The van der Waals surface area contributed by atoms with E-state index in [1.54, 1.807) is 18.4 Å². The van der Waals surface area contributed by atoms with Crippen LogP contribution in [0.25, 0.3) is 0 Å². The van der Waals surface area contributed by atoms with Crippen molar-refractivity contribution in [2.75, 3.05) is 26.0 Å². The molecule has 1 aromatic carbocycles. The molecule has 1 unspecified atom stereocenters. The molecule has 0 aliphatic heterocycles. The number of aromatic nitrogens is 1. The summed E-state index contributed by atoms with van der Waals surface area (Å²) >= 11 is 1.64. The van der Waals surface area contributed by atoms with Crippen molar-refractivity contribution >= 4 is 46.4 Å². The number of rotatable bonds is 8. The molecular formula is C20H32IN5OS. The molecule has 1 atom stereocenters. The Morgan fingerprint density at radius 3 is 2.61 bits per heavy atom. The van der Waals surface area contributed by atoms with E-state index in [-0.39, 0.29) is 30.1 Å². The van der Waals surface area contributed by atoms with Crippen molar-refractivity contribution < 1.29 is 4.74 Å². The van der Waals surface area contributed by atoms with Crippen molar-refractivity contribution in [3.8, 4) is 5.75 Å². The Labute approximate surface area is 189 Å². The Morgan fingerprint density at radius 2 is 2.00 bits per heavy atom. The second-order valence-corrected chi connectivity index (χ2v) is 7.58. The van der Waals surface area contributed by atoms with E-state index in [1.165, 1.54) is 5.56 Å². The zero-order chi connectivity index (χ0) is 19.8. The summed E-state index contributed by atoms with van der Waals surface area (Å²) in [4.78, 5) is 10.9. The topological polar surface area (TPSA) is 61.8 Å². The van der Waals surface area contributed by atoms with Crippen LogP contribution in [-0.4, -0.2) is 38.2 Å². The Hall–Kier alpha value is -1.55. The first kappa shape index (κ1) is 24.5. The van der Waals surface area contributed by atoms with Crippen LogP contribution in [0.1, 0.15) is 37.1 Å². The minimum absolute atomic E-state index is 0. The van der Waals surface area contributed by atoms with Crippen molar-refractivity contribution in [2.45, 2.75) is 46.4 Å². The highest BCUT2D eigenvalue weighted by atomic mass is 127. The van der Waals surface area contributed by atoms with Gasteiger partial charge in [0.15, 0.2) is 11.1 Å². The summed E-state index contributed by atoms with van der Waals surface area (Å²) in [5, 5.41) is 9.74. The van der Waals surface area contributed by atoms with Crippen LogP contribution in [0.2, 0.25) is 0 Å². The van der Waals surface area contributed by atoms with Crippen molar-refractivity contribution in [1.82, 2.24) is 15.6 Å². The summed E-state index contributed by atoms with van der Waals surface area (Å²) in [6.07, 6.45) is 1.17. The first-order valence-corrected chi connectivity index (χ1v) is 10.1. The molecule has 1 aromatic heterocycles. The fourth-order valence-corrected chi connectivity index (χ4v) is 3.13. The molecule has 1 heterocycles. The fraction of sp³-hybridized carbons (Fsp3) is 0.500. The molecule has 0 spiro atoms. The van der Waals surface area contributed by atoms with Crippen molar-refractivity contribution in [3.05, 3.63) is 40.4 Å². The van der Waals surface area contributed by atoms with Crippen LogP contribution in [0, 0.1) is 6.92 Å². The zero-order valence-corrected chi connectivity index (χ0v) is 20.7. The van der Waals surface area contributed by atoms with Crippen LogP contribution >= 0.6 is 35.3 Å². The minimum Gasteiger partial charge on any atom is -0.490 e. The molecule has 0 aliphatic carbocycles. The van der Waals surface area contributed by atoms with E-state index in [0.717, 1.165) is 34.5 Å². The second kappa shape index (κ2) is 12.1. The van der Waals surface area contributed by atoms with Gasteiger partial charge in [-0.25, -0.2) is 4.98 Å². The van der Waals surface area contributed by atoms with Gasteiger partial charge in [0.05, 0.1) is 18.3 Å². The van der Waals surface area contributed by atoms with Gasteiger partial charge in [0.2, 0.25) is 0 Å². The van der Waals surface area contributed by atoms with Gasteiger partial charge >= 0.3 is 0 Å². The molecule has 0 bridgehead atoms. The highest BCUT2D eigenvalue weighted by molar-refractivity contribution is 14.0. The number of aliphatic imine (C=N–C) groups is 1. The van der Waals surface area contributed by atoms with Gasteiger partial charge in [-0.2, -0.15) is 0 Å². The Kier molecular flexibility index (Phi) is 10.6. The van der Waals surface area contributed by atoms with Crippen LogP contribution < -0.4 is 20.3 Å². The highest BCUT2D eigenvalue weighted by Crippen LogP contribution is 2.22. The number of hydrogen-bond acceptors (Lipinski definition) is 5. The summed E-state index contributed by atoms with van der Waals surface area (Å²) < 4.78 is 6.08. The number of thiazole rings is 1. The zero-order valence-electron chi connectivity index (χ0n) is 17.6.